The molecule has 1 heterocycles. The van der Waals surface area contributed by atoms with Gasteiger partial charge in [-0.3, -0.25) is 4.79 Å². The molecular formula is C19H21NO4. The third kappa shape index (κ3) is 3.79. The Kier molecular flexibility index (Phi) is 4.89. The predicted octanol–water partition coefficient (Wildman–Crippen LogP) is 3.56. The number of benzene rings is 2. The van der Waals surface area contributed by atoms with Gasteiger partial charge in [0.1, 0.15) is 18.5 Å². The molecule has 1 amide bonds. The fourth-order valence-electron chi connectivity index (χ4n) is 2.63. The van der Waals surface area contributed by atoms with Crippen molar-refractivity contribution in [2.75, 3.05) is 19.0 Å². The number of carbonyl (C=O) groups excluding carboxylic acids is 1. The Labute approximate surface area is 141 Å². The average molecular weight is 327 g/mol. The first-order valence-electron chi connectivity index (χ1n) is 7.98. The highest BCUT2D eigenvalue weighted by Crippen LogP contribution is 2.32. The van der Waals surface area contributed by atoms with Gasteiger partial charge in [-0.15, -0.1) is 0 Å². The van der Waals surface area contributed by atoms with E-state index in [1.165, 1.54) is 0 Å². The van der Waals surface area contributed by atoms with Crippen molar-refractivity contribution < 1.29 is 19.0 Å². The molecule has 0 saturated carbocycles. The number of methoxy groups -OCH3 is 1. The van der Waals surface area contributed by atoms with Gasteiger partial charge in [0.05, 0.1) is 12.8 Å². The van der Waals surface area contributed by atoms with Gasteiger partial charge in [0.2, 0.25) is 5.91 Å². The van der Waals surface area contributed by atoms with Gasteiger partial charge in [0.15, 0.2) is 11.5 Å². The van der Waals surface area contributed by atoms with Crippen LogP contribution in [0.1, 0.15) is 18.4 Å². The molecule has 126 valence electrons. The van der Waals surface area contributed by atoms with Crippen LogP contribution in [0.15, 0.2) is 42.5 Å². The Morgan fingerprint density at radius 2 is 2.04 bits per heavy atom. The lowest BCUT2D eigenvalue weighted by Gasteiger charge is -2.26. The summed E-state index contributed by atoms with van der Waals surface area (Å²) in [6, 6.07) is 13.3. The summed E-state index contributed by atoms with van der Waals surface area (Å²) < 4.78 is 16.8. The Morgan fingerprint density at radius 1 is 1.25 bits per heavy atom. The van der Waals surface area contributed by atoms with Crippen LogP contribution in [0.3, 0.4) is 0 Å². The van der Waals surface area contributed by atoms with Crippen molar-refractivity contribution >= 4 is 11.6 Å². The van der Waals surface area contributed by atoms with E-state index in [1.54, 1.807) is 7.11 Å². The second-order valence-corrected chi connectivity index (χ2v) is 5.79. The van der Waals surface area contributed by atoms with Gasteiger partial charge in [-0.1, -0.05) is 18.2 Å². The first-order chi connectivity index (χ1) is 11.7. The first kappa shape index (κ1) is 16.2. The summed E-state index contributed by atoms with van der Waals surface area (Å²) in [5, 5.41) is 2.90. The fourth-order valence-corrected chi connectivity index (χ4v) is 2.63. The quantitative estimate of drug-likeness (QED) is 0.912. The van der Waals surface area contributed by atoms with E-state index >= 15 is 0 Å². The molecule has 0 aliphatic carbocycles. The molecule has 0 radical (unpaired) electrons. The van der Waals surface area contributed by atoms with Gasteiger partial charge >= 0.3 is 0 Å². The van der Waals surface area contributed by atoms with Crippen molar-refractivity contribution in [1.29, 1.82) is 0 Å². The fraction of sp³-hybridized carbons (Fsp3) is 0.316. The second-order valence-electron chi connectivity index (χ2n) is 5.79. The molecule has 0 saturated heterocycles. The van der Waals surface area contributed by atoms with E-state index in [2.05, 4.69) is 5.32 Å². The number of rotatable bonds is 5. The monoisotopic (exact) mass is 327 g/mol. The largest absolute Gasteiger partial charge is 0.495 e. The van der Waals surface area contributed by atoms with Crippen LogP contribution in [0.5, 0.6) is 17.2 Å². The minimum atomic E-state index is -0.120. The van der Waals surface area contributed by atoms with E-state index in [1.807, 2.05) is 49.4 Å². The summed E-state index contributed by atoms with van der Waals surface area (Å²) in [4.78, 5) is 12.2. The van der Waals surface area contributed by atoms with Crippen LogP contribution in [0.4, 0.5) is 5.69 Å². The number of amides is 1. The predicted molar refractivity (Wildman–Crippen MR) is 91.9 cm³/mol. The van der Waals surface area contributed by atoms with Crippen molar-refractivity contribution in [3.63, 3.8) is 0 Å². The molecule has 3 rings (SSSR count). The molecule has 0 fully saturated rings. The maximum absolute atomic E-state index is 12.2. The highest BCUT2D eigenvalue weighted by molar-refractivity contribution is 5.92. The SMILES string of the molecule is COc1ccc(C)cc1NC(=O)CCC1COc2ccccc2O1. The molecule has 5 nitrogen and oxygen atoms in total. The van der Waals surface area contributed by atoms with Gasteiger partial charge in [0, 0.05) is 6.42 Å². The number of anilines is 1. The number of aryl methyl sites for hydroxylation is 1. The van der Waals surface area contributed by atoms with Gasteiger partial charge in [-0.25, -0.2) is 0 Å². The number of carbonyl (C=O) groups is 1. The molecule has 0 aromatic heterocycles. The van der Waals surface area contributed by atoms with Crippen molar-refractivity contribution in [1.82, 2.24) is 0 Å². The second kappa shape index (κ2) is 7.25. The average Bonchev–Trinajstić information content (AvgIpc) is 2.60. The van der Waals surface area contributed by atoms with Crippen LogP contribution < -0.4 is 19.5 Å². The molecule has 24 heavy (non-hydrogen) atoms. The van der Waals surface area contributed by atoms with Crippen LogP contribution >= 0.6 is 0 Å². The number of ether oxygens (including phenoxy) is 3. The van der Waals surface area contributed by atoms with Crippen LogP contribution in [-0.2, 0) is 4.79 Å². The normalized spacial score (nSPS) is 15.7. The number of nitrogens with one attached hydrogen (secondary N) is 1. The first-order valence-corrected chi connectivity index (χ1v) is 7.98. The van der Waals surface area contributed by atoms with E-state index < -0.39 is 0 Å². The summed E-state index contributed by atoms with van der Waals surface area (Å²) in [5.41, 5.74) is 1.75. The minimum Gasteiger partial charge on any atom is -0.495 e. The van der Waals surface area contributed by atoms with Crippen LogP contribution in [0, 0.1) is 6.92 Å². The van der Waals surface area contributed by atoms with Crippen LogP contribution in [0.25, 0.3) is 0 Å². The lowest BCUT2D eigenvalue weighted by Crippen LogP contribution is -2.30. The Balaban J connectivity index is 1.54. The number of hydrogen-bond acceptors (Lipinski definition) is 4. The van der Waals surface area contributed by atoms with Crippen molar-refractivity contribution in [2.45, 2.75) is 25.9 Å². The number of para-hydroxylation sites is 2. The van der Waals surface area contributed by atoms with Gasteiger partial charge in [-0.05, 0) is 43.2 Å². The molecule has 2 aromatic carbocycles. The van der Waals surface area contributed by atoms with Gasteiger partial charge in [0.25, 0.3) is 0 Å². The molecule has 1 unspecified atom stereocenters. The zero-order valence-electron chi connectivity index (χ0n) is 13.9. The summed E-state index contributed by atoms with van der Waals surface area (Å²) in [7, 11) is 1.59. The van der Waals surface area contributed by atoms with Crippen molar-refractivity contribution in [2.24, 2.45) is 0 Å². The Hall–Kier alpha value is -2.69. The molecule has 2 aromatic rings. The zero-order valence-corrected chi connectivity index (χ0v) is 13.9. The smallest absolute Gasteiger partial charge is 0.224 e. The highest BCUT2D eigenvalue weighted by Gasteiger charge is 2.21. The van der Waals surface area contributed by atoms with Crippen LogP contribution in [-0.4, -0.2) is 25.7 Å². The van der Waals surface area contributed by atoms with E-state index in [0.29, 0.717) is 30.9 Å². The van der Waals surface area contributed by atoms with Gasteiger partial charge in [-0.2, -0.15) is 0 Å². The molecule has 1 N–H and O–H groups in total. The topological polar surface area (TPSA) is 56.8 Å². The Bertz CT molecular complexity index is 729. The maximum Gasteiger partial charge on any atom is 0.224 e. The van der Waals surface area contributed by atoms with Crippen molar-refractivity contribution in [3.8, 4) is 17.2 Å². The van der Waals surface area contributed by atoms with E-state index in [0.717, 1.165) is 17.1 Å². The minimum absolute atomic E-state index is 0.0682. The summed E-state index contributed by atoms with van der Waals surface area (Å²) in [6.07, 6.45) is 0.826. The standard InChI is InChI=1S/C19H21NO4/c1-13-7-9-16(22-2)15(11-13)20-19(21)10-8-14-12-23-17-5-3-4-6-18(17)24-14/h3-7,9,11,14H,8,10,12H2,1-2H3,(H,20,21). The van der Waals surface area contributed by atoms with Crippen molar-refractivity contribution in [3.05, 3.63) is 48.0 Å². The maximum atomic E-state index is 12.2. The lowest BCUT2D eigenvalue weighted by molar-refractivity contribution is -0.116. The number of hydrogen-bond donors (Lipinski definition) is 1. The lowest BCUT2D eigenvalue weighted by atomic mass is 10.1. The van der Waals surface area contributed by atoms with E-state index in [4.69, 9.17) is 14.2 Å². The van der Waals surface area contributed by atoms with Gasteiger partial charge < -0.3 is 19.5 Å². The molecule has 1 atom stereocenters. The van der Waals surface area contributed by atoms with E-state index in [9.17, 15) is 4.79 Å². The number of fused-ring (bicyclic) bond motifs is 1. The molecule has 1 aliphatic heterocycles. The van der Waals surface area contributed by atoms with Crippen LogP contribution in [0.2, 0.25) is 0 Å². The third-order valence-corrected chi connectivity index (χ3v) is 3.89. The van der Waals surface area contributed by atoms with E-state index in [-0.39, 0.29) is 12.0 Å². The molecule has 1 aliphatic rings. The summed E-state index contributed by atoms with van der Waals surface area (Å²) in [5.74, 6) is 2.07. The highest BCUT2D eigenvalue weighted by atomic mass is 16.6. The molecular weight excluding hydrogens is 306 g/mol. The molecule has 0 bridgehead atoms. The zero-order chi connectivity index (χ0) is 16.9. The molecule has 0 spiro atoms. The Morgan fingerprint density at radius 3 is 2.83 bits per heavy atom. The molecule has 5 heteroatoms. The summed E-state index contributed by atoms with van der Waals surface area (Å²) >= 11 is 0. The summed E-state index contributed by atoms with van der Waals surface area (Å²) in [6.45, 7) is 2.43. The third-order valence-electron chi connectivity index (χ3n) is 3.89.